The van der Waals surface area contributed by atoms with Gasteiger partial charge in [-0.15, -0.1) is 11.3 Å². The second-order valence-corrected chi connectivity index (χ2v) is 11.6. The Balaban J connectivity index is 0.988. The number of nitrogens with zero attached hydrogens (tertiary/aromatic N) is 4. The minimum Gasteiger partial charge on any atom is -0.497 e. The standard InChI is InChI=1S/C32H29F3N6O2S/c1-42-21-10-8-20(9-11-21)26-12-13-27(44-26)30-36-22-4-2-6-24(28(22)38-30)41-16-14-40(15-17-41)18-19-43-25-7-3-5-23-29(25)39-31(37-23)32(33,34)35/h2-13H,14-19H2,1H3,(H,36,38)(H,37,39). The van der Waals surface area contributed by atoms with Gasteiger partial charge in [-0.25, -0.2) is 9.97 Å². The summed E-state index contributed by atoms with van der Waals surface area (Å²) in [5.74, 6) is 1.00. The topological polar surface area (TPSA) is 82.3 Å². The van der Waals surface area contributed by atoms with Crippen molar-refractivity contribution in [3.8, 4) is 32.6 Å². The maximum Gasteiger partial charge on any atom is 0.449 e. The van der Waals surface area contributed by atoms with Gasteiger partial charge in [0.2, 0.25) is 5.82 Å². The highest BCUT2D eigenvalue weighted by molar-refractivity contribution is 7.18. The molecule has 6 aromatic rings. The van der Waals surface area contributed by atoms with E-state index in [1.54, 1.807) is 36.6 Å². The number of imidazole rings is 2. The molecule has 7 rings (SSSR count). The molecule has 4 heterocycles. The maximum atomic E-state index is 13.1. The largest absolute Gasteiger partial charge is 0.497 e. The number of anilines is 1. The molecule has 1 saturated heterocycles. The Hall–Kier alpha value is -4.55. The van der Waals surface area contributed by atoms with Gasteiger partial charge in [0.25, 0.3) is 0 Å². The lowest BCUT2D eigenvalue weighted by atomic mass is 10.2. The zero-order valence-corrected chi connectivity index (χ0v) is 24.6. The van der Waals surface area contributed by atoms with Gasteiger partial charge >= 0.3 is 6.18 Å². The van der Waals surface area contributed by atoms with E-state index in [1.807, 2.05) is 12.1 Å². The predicted molar refractivity (Wildman–Crippen MR) is 167 cm³/mol. The van der Waals surface area contributed by atoms with E-state index in [2.05, 4.69) is 67.2 Å². The third-order valence-corrected chi connectivity index (χ3v) is 8.97. The smallest absolute Gasteiger partial charge is 0.449 e. The van der Waals surface area contributed by atoms with Crippen molar-refractivity contribution in [1.29, 1.82) is 0 Å². The molecular weight excluding hydrogens is 589 g/mol. The lowest BCUT2D eigenvalue weighted by Gasteiger charge is -2.36. The van der Waals surface area contributed by atoms with Gasteiger partial charge in [0.05, 0.1) is 28.7 Å². The highest BCUT2D eigenvalue weighted by Gasteiger charge is 2.35. The molecule has 1 aliphatic heterocycles. The van der Waals surface area contributed by atoms with Crippen LogP contribution >= 0.6 is 11.3 Å². The first kappa shape index (κ1) is 28.2. The average Bonchev–Trinajstić information content (AvgIpc) is 3.80. The van der Waals surface area contributed by atoms with Crippen LogP contribution in [0.1, 0.15) is 5.82 Å². The molecule has 0 unspecified atom stereocenters. The van der Waals surface area contributed by atoms with Crippen molar-refractivity contribution in [2.45, 2.75) is 6.18 Å². The number of aromatic amines is 2. The lowest BCUT2D eigenvalue weighted by Crippen LogP contribution is -2.47. The van der Waals surface area contributed by atoms with Crippen LogP contribution in [0.4, 0.5) is 18.9 Å². The zero-order valence-electron chi connectivity index (χ0n) is 23.8. The first-order valence-electron chi connectivity index (χ1n) is 14.2. The number of alkyl halides is 3. The van der Waals surface area contributed by atoms with Crippen molar-refractivity contribution in [3.05, 3.63) is 78.6 Å². The molecule has 44 heavy (non-hydrogen) atoms. The van der Waals surface area contributed by atoms with Crippen molar-refractivity contribution >= 4 is 39.1 Å². The van der Waals surface area contributed by atoms with Gasteiger partial charge in [-0.1, -0.05) is 12.1 Å². The molecule has 226 valence electrons. The quantitative estimate of drug-likeness (QED) is 0.190. The summed E-state index contributed by atoms with van der Waals surface area (Å²) < 4.78 is 50.5. The summed E-state index contributed by atoms with van der Waals surface area (Å²) in [6.07, 6.45) is -4.54. The number of benzene rings is 3. The van der Waals surface area contributed by atoms with Crippen molar-refractivity contribution in [1.82, 2.24) is 24.8 Å². The van der Waals surface area contributed by atoms with Crippen LogP contribution in [0.2, 0.25) is 0 Å². The summed E-state index contributed by atoms with van der Waals surface area (Å²) in [7, 11) is 1.66. The number of hydrogen-bond acceptors (Lipinski definition) is 7. The van der Waals surface area contributed by atoms with E-state index in [4.69, 9.17) is 14.5 Å². The number of methoxy groups -OCH3 is 1. The van der Waals surface area contributed by atoms with E-state index in [-0.39, 0.29) is 5.52 Å². The maximum absolute atomic E-state index is 13.1. The van der Waals surface area contributed by atoms with Gasteiger partial charge in [0.15, 0.2) is 0 Å². The van der Waals surface area contributed by atoms with Crippen molar-refractivity contribution in [3.63, 3.8) is 0 Å². The SMILES string of the molecule is COc1ccc(-c2ccc(-c3nc4c(N5CCN(CCOc6cccc7[nH]c(C(F)(F)F)nc67)CC5)cccc4[nH]3)s2)cc1. The Kier molecular flexibility index (Phi) is 7.39. The Labute approximate surface area is 255 Å². The second-order valence-electron chi connectivity index (χ2n) is 10.6. The van der Waals surface area contributed by atoms with Crippen molar-refractivity contribution < 1.29 is 22.6 Å². The van der Waals surface area contributed by atoms with Crippen LogP contribution in [-0.4, -0.2) is 71.3 Å². The molecule has 3 aromatic heterocycles. The number of ether oxygens (including phenoxy) is 2. The van der Waals surface area contributed by atoms with Crippen molar-refractivity contribution in [2.75, 3.05) is 51.3 Å². The average molecular weight is 619 g/mol. The number of fused-ring (bicyclic) bond motifs is 2. The third-order valence-electron chi connectivity index (χ3n) is 7.83. The van der Waals surface area contributed by atoms with E-state index in [0.29, 0.717) is 24.4 Å². The van der Waals surface area contributed by atoms with Crippen LogP contribution in [-0.2, 0) is 6.18 Å². The fourth-order valence-corrected chi connectivity index (χ4v) is 6.47. The number of halogens is 3. The molecule has 1 aliphatic rings. The number of H-pyrrole nitrogens is 2. The minimum atomic E-state index is -4.54. The number of rotatable bonds is 8. The number of thiophene rings is 1. The molecule has 8 nitrogen and oxygen atoms in total. The van der Waals surface area contributed by atoms with Gasteiger partial charge in [0, 0.05) is 37.6 Å². The number of aromatic nitrogens is 4. The Morgan fingerprint density at radius 2 is 1.55 bits per heavy atom. The Bertz CT molecular complexity index is 1910. The second kappa shape index (κ2) is 11.5. The van der Waals surface area contributed by atoms with E-state index in [9.17, 15) is 13.2 Å². The molecule has 3 aromatic carbocycles. The van der Waals surface area contributed by atoms with E-state index in [0.717, 1.165) is 69.8 Å². The molecule has 0 saturated carbocycles. The summed E-state index contributed by atoms with van der Waals surface area (Å²) in [6.45, 7) is 4.32. The molecule has 2 N–H and O–H groups in total. The van der Waals surface area contributed by atoms with E-state index >= 15 is 0 Å². The highest BCUT2D eigenvalue weighted by atomic mass is 32.1. The van der Waals surface area contributed by atoms with Gasteiger partial charge < -0.3 is 24.3 Å². The van der Waals surface area contributed by atoms with E-state index < -0.39 is 12.0 Å². The van der Waals surface area contributed by atoms with Crippen LogP contribution in [0.15, 0.2) is 72.8 Å². The molecule has 0 radical (unpaired) electrons. The normalized spacial score (nSPS) is 14.5. The highest BCUT2D eigenvalue weighted by Crippen LogP contribution is 2.36. The summed E-state index contributed by atoms with van der Waals surface area (Å²) >= 11 is 1.70. The van der Waals surface area contributed by atoms with Crippen LogP contribution in [0, 0.1) is 0 Å². The molecule has 0 amide bonds. The molecular formula is C32H29F3N6O2S. The van der Waals surface area contributed by atoms with Gasteiger partial charge in [0.1, 0.15) is 35.0 Å². The van der Waals surface area contributed by atoms with Crippen LogP contribution in [0.3, 0.4) is 0 Å². The first-order valence-corrected chi connectivity index (χ1v) is 15.1. The van der Waals surface area contributed by atoms with Crippen LogP contribution in [0.25, 0.3) is 43.2 Å². The van der Waals surface area contributed by atoms with Gasteiger partial charge in [-0.05, 0) is 66.2 Å². The predicted octanol–water partition coefficient (Wildman–Crippen LogP) is 7.06. The monoisotopic (exact) mass is 618 g/mol. The lowest BCUT2D eigenvalue weighted by molar-refractivity contribution is -0.144. The number of hydrogen-bond donors (Lipinski definition) is 2. The fourth-order valence-electron chi connectivity index (χ4n) is 5.52. The molecule has 12 heteroatoms. The summed E-state index contributed by atoms with van der Waals surface area (Å²) in [4.78, 5) is 21.5. The third kappa shape index (κ3) is 5.58. The summed E-state index contributed by atoms with van der Waals surface area (Å²) in [5.41, 5.74) is 4.67. The van der Waals surface area contributed by atoms with Gasteiger partial charge in [-0.3, -0.25) is 4.90 Å². The van der Waals surface area contributed by atoms with Crippen molar-refractivity contribution in [2.24, 2.45) is 0 Å². The Morgan fingerprint density at radius 1 is 0.818 bits per heavy atom. The van der Waals surface area contributed by atoms with Crippen LogP contribution in [0.5, 0.6) is 11.5 Å². The summed E-state index contributed by atoms with van der Waals surface area (Å²) in [6, 6.07) is 23.4. The summed E-state index contributed by atoms with van der Waals surface area (Å²) in [5, 5.41) is 0. The van der Waals surface area contributed by atoms with Crippen LogP contribution < -0.4 is 14.4 Å². The molecule has 1 fully saturated rings. The van der Waals surface area contributed by atoms with E-state index in [1.165, 1.54) is 0 Å². The molecule has 0 bridgehead atoms. The van der Waals surface area contributed by atoms with Gasteiger partial charge in [-0.2, -0.15) is 13.2 Å². The number of piperazine rings is 1. The zero-order chi connectivity index (χ0) is 30.3. The molecule has 0 spiro atoms. The minimum absolute atomic E-state index is 0.190. The number of nitrogens with one attached hydrogen (secondary N) is 2. The first-order chi connectivity index (χ1) is 21.4. The molecule has 0 aliphatic carbocycles. The Morgan fingerprint density at radius 3 is 2.30 bits per heavy atom. The fraction of sp³-hybridized carbons (Fsp3) is 0.250. The number of para-hydroxylation sites is 2. The molecule has 0 atom stereocenters.